The van der Waals surface area contributed by atoms with Gasteiger partial charge < -0.3 is 19.9 Å². The van der Waals surface area contributed by atoms with Gasteiger partial charge in [0.1, 0.15) is 11.6 Å². The van der Waals surface area contributed by atoms with Crippen molar-refractivity contribution in [1.29, 1.82) is 0 Å². The molecule has 2 N–H and O–H groups in total. The van der Waals surface area contributed by atoms with Crippen LogP contribution in [0, 0.1) is 5.82 Å². The van der Waals surface area contributed by atoms with Crippen LogP contribution in [0.3, 0.4) is 0 Å². The number of rotatable bonds is 12. The van der Waals surface area contributed by atoms with E-state index < -0.39 is 11.6 Å². The van der Waals surface area contributed by atoms with Crippen LogP contribution >= 0.6 is 0 Å². The minimum atomic E-state index is -1.37. The van der Waals surface area contributed by atoms with Crippen LogP contribution in [0.5, 0.6) is 5.75 Å². The van der Waals surface area contributed by atoms with Gasteiger partial charge >= 0.3 is 0 Å². The lowest BCUT2D eigenvalue weighted by atomic mass is 9.81. The lowest BCUT2D eigenvalue weighted by Crippen LogP contribution is -2.49. The molecule has 232 valence electrons. The van der Waals surface area contributed by atoms with Crippen LogP contribution in [0.1, 0.15) is 34.8 Å². The topological polar surface area (TPSA) is 80.2 Å². The summed E-state index contributed by atoms with van der Waals surface area (Å²) in [6, 6.07) is 41.4. The van der Waals surface area contributed by atoms with Crippen LogP contribution in [-0.4, -0.2) is 35.7 Å². The van der Waals surface area contributed by atoms with E-state index >= 15 is 0 Å². The van der Waals surface area contributed by atoms with E-state index in [1.54, 1.807) is 12.1 Å². The Balaban J connectivity index is 1.39. The van der Waals surface area contributed by atoms with Gasteiger partial charge in [-0.1, -0.05) is 97.1 Å². The molecule has 0 fully saturated rings. The van der Waals surface area contributed by atoms with Crippen molar-refractivity contribution in [2.24, 2.45) is 4.99 Å². The zero-order valence-corrected chi connectivity index (χ0v) is 25.3. The van der Waals surface area contributed by atoms with Crippen molar-refractivity contribution in [1.82, 2.24) is 5.32 Å². The summed E-state index contributed by atoms with van der Waals surface area (Å²) in [6.45, 7) is 0.596. The molecule has 0 spiro atoms. The summed E-state index contributed by atoms with van der Waals surface area (Å²) in [5, 5.41) is 12.1. The molecule has 0 saturated heterocycles. The maximum absolute atomic E-state index is 14.4. The third kappa shape index (κ3) is 7.00. The smallest absolute Gasteiger partial charge is 0.252 e. The summed E-state index contributed by atoms with van der Waals surface area (Å²) in [7, 11) is 0. The largest absolute Gasteiger partial charge is 0.494 e. The van der Waals surface area contributed by atoms with Gasteiger partial charge in [-0.15, -0.1) is 0 Å². The van der Waals surface area contributed by atoms with E-state index in [2.05, 4.69) is 17.4 Å². The Bertz CT molecular complexity index is 1780. The van der Waals surface area contributed by atoms with E-state index in [9.17, 15) is 9.18 Å². The van der Waals surface area contributed by atoms with E-state index in [1.807, 2.05) is 97.1 Å². The molecule has 5 aromatic rings. The average Bonchev–Trinajstić information content (AvgIpc) is 3.49. The molecule has 6 nitrogen and oxygen atoms in total. The first-order valence-corrected chi connectivity index (χ1v) is 15.4. The van der Waals surface area contributed by atoms with Gasteiger partial charge in [0.15, 0.2) is 11.6 Å². The number of aliphatic hydroxyl groups excluding tert-OH is 1. The summed E-state index contributed by atoms with van der Waals surface area (Å²) in [5.41, 5.74) is 3.84. The van der Waals surface area contributed by atoms with Crippen LogP contribution in [0.4, 0.5) is 4.39 Å². The van der Waals surface area contributed by atoms with Gasteiger partial charge in [-0.3, -0.25) is 4.79 Å². The summed E-state index contributed by atoms with van der Waals surface area (Å²) >= 11 is 0. The lowest BCUT2D eigenvalue weighted by molar-refractivity contribution is -0.129. The number of hydrogen-bond acceptors (Lipinski definition) is 5. The normalized spacial score (nSPS) is 17.2. The van der Waals surface area contributed by atoms with Gasteiger partial charge in [0.05, 0.1) is 6.61 Å². The van der Waals surface area contributed by atoms with Gasteiger partial charge in [0.2, 0.25) is 5.90 Å². The van der Waals surface area contributed by atoms with Crippen LogP contribution in [0.15, 0.2) is 138 Å². The first-order chi connectivity index (χ1) is 22.5. The first-order valence-electron chi connectivity index (χ1n) is 15.4. The predicted molar refractivity (Wildman–Crippen MR) is 177 cm³/mol. The molecule has 1 amide bonds. The highest BCUT2D eigenvalue weighted by molar-refractivity contribution is 6.01. The van der Waals surface area contributed by atoms with Gasteiger partial charge in [-0.05, 0) is 64.2 Å². The number of amides is 1. The first kappa shape index (κ1) is 30.7. The van der Waals surface area contributed by atoms with Gasteiger partial charge in [0, 0.05) is 31.6 Å². The number of carbonyl (C=O) groups excluding carboxylic acids is 1. The number of ether oxygens (including phenoxy) is 2. The molecule has 2 atom stereocenters. The molecule has 5 aromatic carbocycles. The van der Waals surface area contributed by atoms with E-state index in [4.69, 9.17) is 19.6 Å². The van der Waals surface area contributed by atoms with Crippen molar-refractivity contribution in [3.05, 3.63) is 162 Å². The van der Waals surface area contributed by atoms with E-state index in [0.29, 0.717) is 35.8 Å². The third-order valence-corrected chi connectivity index (χ3v) is 8.01. The fourth-order valence-electron chi connectivity index (χ4n) is 5.65. The number of aliphatic imine (C=N–C) groups is 1. The molecule has 46 heavy (non-hydrogen) atoms. The molecular weight excluding hydrogens is 579 g/mol. The highest BCUT2D eigenvalue weighted by Gasteiger charge is 2.53. The molecule has 0 saturated carbocycles. The van der Waals surface area contributed by atoms with Gasteiger partial charge in [-0.25, -0.2) is 9.38 Å². The number of carbonyl (C=O) groups is 1. The van der Waals surface area contributed by atoms with Crippen LogP contribution in [0.2, 0.25) is 0 Å². The molecule has 6 rings (SSSR count). The Morgan fingerprint density at radius 2 is 1.46 bits per heavy atom. The molecule has 7 heteroatoms. The summed E-state index contributed by atoms with van der Waals surface area (Å²) < 4.78 is 26.3. The minimum absolute atomic E-state index is 0.0568. The van der Waals surface area contributed by atoms with E-state index in [1.165, 1.54) is 12.1 Å². The zero-order chi connectivity index (χ0) is 31.8. The average molecular weight is 615 g/mol. The molecule has 0 aliphatic carbocycles. The monoisotopic (exact) mass is 614 g/mol. The molecule has 0 aromatic heterocycles. The van der Waals surface area contributed by atoms with Crippen molar-refractivity contribution in [2.75, 3.05) is 13.2 Å². The van der Waals surface area contributed by atoms with Gasteiger partial charge in [-0.2, -0.15) is 0 Å². The third-order valence-electron chi connectivity index (χ3n) is 8.01. The maximum Gasteiger partial charge on any atom is 0.252 e. The Morgan fingerprint density at radius 1 is 0.804 bits per heavy atom. The summed E-state index contributed by atoms with van der Waals surface area (Å²) in [4.78, 5) is 19.5. The maximum atomic E-state index is 14.4. The van der Waals surface area contributed by atoms with Gasteiger partial charge in [0.25, 0.3) is 5.91 Å². The van der Waals surface area contributed by atoms with Crippen molar-refractivity contribution in [3.8, 4) is 16.9 Å². The summed E-state index contributed by atoms with van der Waals surface area (Å²) in [5.74, 6) is 0.315. The standard InChI is InChI=1S/C39H35FN2O4/c40-34-14-7-11-29(25-34)27-41-38(44)39(26-28-9-3-1-4-10-28)36(32-17-15-31(16-18-32)30-12-5-2-6-13-30)46-37(42-39)33-19-21-35(22-20-33)45-24-8-23-43/h1-7,9-22,25,36,43H,8,23-24,26-27H2,(H,41,44)/t36-,39-/m1/s1. The Morgan fingerprint density at radius 3 is 2.15 bits per heavy atom. The van der Waals surface area contributed by atoms with Crippen LogP contribution < -0.4 is 10.1 Å². The molecule has 1 aliphatic heterocycles. The Kier molecular flexibility index (Phi) is 9.51. The number of aliphatic hydroxyl groups is 1. The van der Waals surface area contributed by atoms with Crippen LogP contribution in [0.25, 0.3) is 11.1 Å². The molecule has 1 heterocycles. The fourth-order valence-corrected chi connectivity index (χ4v) is 5.65. The zero-order valence-electron chi connectivity index (χ0n) is 25.3. The summed E-state index contributed by atoms with van der Waals surface area (Å²) in [6.07, 6.45) is 0.0648. The number of halogens is 1. The van der Waals surface area contributed by atoms with Crippen molar-refractivity contribution < 1.29 is 23.8 Å². The van der Waals surface area contributed by atoms with Crippen molar-refractivity contribution in [2.45, 2.75) is 31.0 Å². The second kappa shape index (κ2) is 14.2. The fraction of sp³-hybridized carbons (Fsp3) is 0.179. The Hall–Kier alpha value is -5.27. The minimum Gasteiger partial charge on any atom is -0.494 e. The predicted octanol–water partition coefficient (Wildman–Crippen LogP) is 7.07. The second-order valence-electron chi connectivity index (χ2n) is 11.3. The van der Waals surface area contributed by atoms with Crippen LogP contribution in [-0.2, 0) is 22.5 Å². The number of hydrogen-bond donors (Lipinski definition) is 2. The quantitative estimate of drug-likeness (QED) is 0.147. The molecule has 0 radical (unpaired) electrons. The highest BCUT2D eigenvalue weighted by atomic mass is 19.1. The molecular formula is C39H35FN2O4. The SMILES string of the molecule is O=C(NCc1cccc(F)c1)[C@]1(Cc2ccccc2)N=C(c2ccc(OCCCO)cc2)O[C@@H]1c1ccc(-c2ccccc2)cc1. The van der Waals surface area contributed by atoms with Crippen molar-refractivity contribution >= 4 is 11.8 Å². The molecule has 1 aliphatic rings. The number of nitrogens with zero attached hydrogens (tertiary/aromatic N) is 1. The van der Waals surface area contributed by atoms with E-state index in [0.717, 1.165) is 22.3 Å². The lowest BCUT2D eigenvalue weighted by Gasteiger charge is -2.31. The molecule has 0 bridgehead atoms. The molecule has 0 unspecified atom stereocenters. The van der Waals surface area contributed by atoms with Crippen molar-refractivity contribution in [3.63, 3.8) is 0 Å². The Labute approximate surface area is 268 Å². The number of benzene rings is 5. The number of nitrogens with one attached hydrogen (secondary N) is 1. The van der Waals surface area contributed by atoms with E-state index in [-0.39, 0.29) is 31.3 Å². The second-order valence-corrected chi connectivity index (χ2v) is 11.3. The highest BCUT2D eigenvalue weighted by Crippen LogP contribution is 2.43.